The maximum absolute atomic E-state index is 11.1. The van der Waals surface area contributed by atoms with Crippen LogP contribution in [0.15, 0.2) is 18.2 Å². The van der Waals surface area contributed by atoms with E-state index in [9.17, 15) is 9.90 Å². The first-order valence-electron chi connectivity index (χ1n) is 4.36. The number of Topliss-reactive ketones (excluding diaryl/α,β-unsaturated/α-hetero) is 1. The molecule has 1 heterocycles. The van der Waals surface area contributed by atoms with Gasteiger partial charge in [-0.3, -0.25) is 4.79 Å². The topological polar surface area (TPSA) is 46.5 Å². The summed E-state index contributed by atoms with van der Waals surface area (Å²) in [6.07, 6.45) is 3.56. The van der Waals surface area contributed by atoms with Crippen LogP contribution in [-0.2, 0) is 0 Å². The monoisotopic (exact) mass is 190 g/mol. The highest BCUT2D eigenvalue weighted by molar-refractivity contribution is 5.98. The van der Waals surface area contributed by atoms with Crippen molar-refractivity contribution in [3.05, 3.63) is 29.3 Å². The fourth-order valence-corrected chi connectivity index (χ4v) is 1.46. The van der Waals surface area contributed by atoms with Gasteiger partial charge in [-0.25, -0.2) is 0 Å². The van der Waals surface area contributed by atoms with Crippen molar-refractivity contribution in [2.45, 2.75) is 6.92 Å². The molecule has 1 aromatic carbocycles. The lowest BCUT2D eigenvalue weighted by atomic mass is 10.0. The summed E-state index contributed by atoms with van der Waals surface area (Å²) in [6.45, 7) is 1.93. The van der Waals surface area contributed by atoms with Crippen molar-refractivity contribution >= 4 is 11.9 Å². The Bertz CT molecular complexity index is 419. The van der Waals surface area contributed by atoms with Gasteiger partial charge in [0.1, 0.15) is 18.1 Å². The minimum absolute atomic E-state index is 0.00551. The zero-order chi connectivity index (χ0) is 10.1. The summed E-state index contributed by atoms with van der Waals surface area (Å²) in [6, 6.07) is 3.28. The molecule has 0 bridgehead atoms. The minimum Gasteiger partial charge on any atom is -0.506 e. The number of carbonyl (C=O) groups is 1. The van der Waals surface area contributed by atoms with Crippen LogP contribution in [0, 0.1) is 0 Å². The molecule has 0 amide bonds. The zero-order valence-electron chi connectivity index (χ0n) is 7.78. The number of ether oxygens (including phenoxy) is 1. The van der Waals surface area contributed by atoms with Gasteiger partial charge in [0.15, 0.2) is 5.78 Å². The highest BCUT2D eigenvalue weighted by atomic mass is 16.5. The number of rotatable bonds is 1. The van der Waals surface area contributed by atoms with E-state index >= 15 is 0 Å². The first-order chi connectivity index (χ1) is 6.70. The lowest BCUT2D eigenvalue weighted by Crippen LogP contribution is -2.02. The van der Waals surface area contributed by atoms with E-state index in [1.807, 2.05) is 0 Å². The Morgan fingerprint density at radius 1 is 1.50 bits per heavy atom. The third kappa shape index (κ3) is 1.27. The molecule has 14 heavy (non-hydrogen) atoms. The summed E-state index contributed by atoms with van der Waals surface area (Å²) in [5, 5.41) is 9.75. The van der Waals surface area contributed by atoms with Crippen molar-refractivity contribution < 1.29 is 14.6 Å². The van der Waals surface area contributed by atoms with Gasteiger partial charge < -0.3 is 9.84 Å². The Hall–Kier alpha value is -1.77. The van der Waals surface area contributed by atoms with Gasteiger partial charge in [-0.15, -0.1) is 0 Å². The fourth-order valence-electron chi connectivity index (χ4n) is 1.46. The Balaban J connectivity index is 2.62. The predicted octanol–water partition coefficient (Wildman–Crippen LogP) is 2.00. The molecule has 0 saturated heterocycles. The van der Waals surface area contributed by atoms with Gasteiger partial charge in [0.25, 0.3) is 0 Å². The second-order valence-corrected chi connectivity index (χ2v) is 3.14. The molecular formula is C11H10O3. The Morgan fingerprint density at radius 2 is 2.29 bits per heavy atom. The van der Waals surface area contributed by atoms with Gasteiger partial charge in [-0.1, -0.05) is 0 Å². The van der Waals surface area contributed by atoms with E-state index < -0.39 is 0 Å². The van der Waals surface area contributed by atoms with Crippen LogP contribution in [0.5, 0.6) is 11.5 Å². The molecule has 0 unspecified atom stereocenters. The van der Waals surface area contributed by atoms with Crippen LogP contribution < -0.4 is 4.74 Å². The lowest BCUT2D eigenvalue weighted by Gasteiger charge is -2.14. The molecule has 1 aromatic rings. The van der Waals surface area contributed by atoms with Crippen LogP contribution in [0.3, 0.4) is 0 Å². The number of hydrogen-bond acceptors (Lipinski definition) is 3. The molecule has 3 nitrogen and oxygen atoms in total. The van der Waals surface area contributed by atoms with Crippen molar-refractivity contribution in [3.8, 4) is 11.5 Å². The number of phenolic OH excluding ortho intramolecular Hbond substituents is 1. The van der Waals surface area contributed by atoms with E-state index in [4.69, 9.17) is 4.74 Å². The third-order valence-corrected chi connectivity index (χ3v) is 2.18. The van der Waals surface area contributed by atoms with Gasteiger partial charge in [0, 0.05) is 0 Å². The first-order valence-corrected chi connectivity index (χ1v) is 4.36. The smallest absolute Gasteiger partial charge is 0.163 e. The third-order valence-electron chi connectivity index (χ3n) is 2.18. The highest BCUT2D eigenvalue weighted by Crippen LogP contribution is 2.34. The van der Waals surface area contributed by atoms with Crippen molar-refractivity contribution in [3.63, 3.8) is 0 Å². The summed E-state index contributed by atoms with van der Waals surface area (Å²) < 4.78 is 5.28. The maximum Gasteiger partial charge on any atom is 0.163 e. The molecule has 0 fully saturated rings. The molecule has 0 aromatic heterocycles. The number of hydrogen-bond donors (Lipinski definition) is 1. The highest BCUT2D eigenvalue weighted by Gasteiger charge is 2.15. The van der Waals surface area contributed by atoms with Crippen molar-refractivity contribution in [1.82, 2.24) is 0 Å². The van der Waals surface area contributed by atoms with E-state index in [0.29, 0.717) is 23.5 Å². The maximum atomic E-state index is 11.1. The van der Waals surface area contributed by atoms with Crippen LogP contribution >= 0.6 is 0 Å². The molecule has 1 N–H and O–H groups in total. The molecule has 0 saturated carbocycles. The first kappa shape index (κ1) is 8.81. The SMILES string of the molecule is CC(=O)c1ccc2c(c1O)C=CCO2. The standard InChI is InChI=1S/C11H10O3/c1-7(12)8-4-5-10-9(11(8)13)3-2-6-14-10/h2-5,13H,6H2,1H3. The summed E-state index contributed by atoms with van der Waals surface area (Å²) >= 11 is 0. The van der Waals surface area contributed by atoms with Gasteiger partial charge in [-0.2, -0.15) is 0 Å². The van der Waals surface area contributed by atoms with E-state index in [-0.39, 0.29) is 11.5 Å². The number of aromatic hydroxyl groups is 1. The van der Waals surface area contributed by atoms with Crippen molar-refractivity contribution in [2.24, 2.45) is 0 Å². The van der Waals surface area contributed by atoms with E-state index in [1.165, 1.54) is 6.92 Å². The van der Waals surface area contributed by atoms with Crippen LogP contribution in [0.25, 0.3) is 6.08 Å². The molecule has 0 atom stereocenters. The average molecular weight is 190 g/mol. The normalized spacial score (nSPS) is 13.2. The largest absolute Gasteiger partial charge is 0.506 e. The zero-order valence-corrected chi connectivity index (χ0v) is 7.78. The second kappa shape index (κ2) is 3.18. The molecule has 72 valence electrons. The van der Waals surface area contributed by atoms with Gasteiger partial charge in [0.05, 0.1) is 11.1 Å². The quantitative estimate of drug-likeness (QED) is 0.689. The van der Waals surface area contributed by atoms with Crippen LogP contribution in [0.1, 0.15) is 22.8 Å². The van der Waals surface area contributed by atoms with Gasteiger partial charge in [-0.05, 0) is 31.2 Å². The molecule has 1 aliphatic heterocycles. The minimum atomic E-state index is -0.149. The summed E-state index contributed by atoms with van der Waals surface area (Å²) in [7, 11) is 0. The van der Waals surface area contributed by atoms with Gasteiger partial charge >= 0.3 is 0 Å². The van der Waals surface area contributed by atoms with E-state index in [1.54, 1.807) is 24.3 Å². The summed E-state index contributed by atoms with van der Waals surface area (Å²) in [5.41, 5.74) is 0.919. The average Bonchev–Trinajstić information content (AvgIpc) is 2.18. The van der Waals surface area contributed by atoms with Crippen molar-refractivity contribution in [1.29, 1.82) is 0 Å². The van der Waals surface area contributed by atoms with Crippen LogP contribution in [-0.4, -0.2) is 17.5 Å². The number of phenols is 1. The van der Waals surface area contributed by atoms with E-state index in [2.05, 4.69) is 0 Å². The number of ketones is 1. The number of fused-ring (bicyclic) bond motifs is 1. The number of benzene rings is 1. The van der Waals surface area contributed by atoms with Crippen LogP contribution in [0.4, 0.5) is 0 Å². The predicted molar refractivity (Wildman–Crippen MR) is 52.6 cm³/mol. The molecule has 3 heteroatoms. The van der Waals surface area contributed by atoms with Crippen LogP contribution in [0.2, 0.25) is 0 Å². The molecule has 1 aliphatic rings. The summed E-state index contributed by atoms with van der Waals surface area (Å²) in [5.74, 6) is 0.477. The Kier molecular flexibility index (Phi) is 2.00. The molecule has 0 spiro atoms. The van der Waals surface area contributed by atoms with E-state index in [0.717, 1.165) is 0 Å². The molecular weight excluding hydrogens is 180 g/mol. The number of carbonyl (C=O) groups excluding carboxylic acids is 1. The van der Waals surface area contributed by atoms with Crippen molar-refractivity contribution in [2.75, 3.05) is 6.61 Å². The summed E-state index contributed by atoms with van der Waals surface area (Å²) in [4.78, 5) is 11.1. The lowest BCUT2D eigenvalue weighted by molar-refractivity contribution is 0.101. The fraction of sp³-hybridized carbons (Fsp3) is 0.182. The Labute approximate surface area is 81.6 Å². The van der Waals surface area contributed by atoms with Gasteiger partial charge in [0.2, 0.25) is 0 Å². The molecule has 0 aliphatic carbocycles. The second-order valence-electron chi connectivity index (χ2n) is 3.14. The molecule has 0 radical (unpaired) electrons. The molecule has 2 rings (SSSR count). The Morgan fingerprint density at radius 3 is 3.00 bits per heavy atom.